The van der Waals surface area contributed by atoms with Gasteiger partial charge in [-0.3, -0.25) is 15.5 Å². The van der Waals surface area contributed by atoms with Gasteiger partial charge in [0.1, 0.15) is 5.52 Å². The number of halogens is 1. The summed E-state index contributed by atoms with van der Waals surface area (Å²) in [6.45, 7) is 1.64. The van der Waals surface area contributed by atoms with Gasteiger partial charge < -0.3 is 9.47 Å². The summed E-state index contributed by atoms with van der Waals surface area (Å²) in [7, 11) is 0. The van der Waals surface area contributed by atoms with E-state index in [1.165, 1.54) is 24.3 Å². The van der Waals surface area contributed by atoms with E-state index in [1.807, 2.05) is 0 Å². The topological polar surface area (TPSA) is 120 Å². The molecule has 0 radical (unpaired) electrons. The van der Waals surface area contributed by atoms with Crippen molar-refractivity contribution in [1.29, 1.82) is 0 Å². The molecule has 0 amide bonds. The molecule has 0 aromatic heterocycles. The van der Waals surface area contributed by atoms with Crippen LogP contribution >= 0.6 is 15.9 Å². The Morgan fingerprint density at radius 3 is 2.36 bits per heavy atom. The fourth-order valence-electron chi connectivity index (χ4n) is 1.27. The van der Waals surface area contributed by atoms with E-state index in [0.29, 0.717) is 5.69 Å². The van der Waals surface area contributed by atoms with Crippen molar-refractivity contribution >= 4 is 45.0 Å². The van der Waals surface area contributed by atoms with E-state index < -0.39 is 22.6 Å². The van der Waals surface area contributed by atoms with Crippen LogP contribution in [0.15, 0.2) is 29.4 Å². The molecule has 0 saturated carbocycles. The summed E-state index contributed by atoms with van der Waals surface area (Å²) < 4.78 is 9.32. The Labute approximate surface area is 133 Å². The molecule has 0 spiro atoms. The molecule has 118 valence electrons. The van der Waals surface area contributed by atoms with Gasteiger partial charge in [0.05, 0.1) is 17.2 Å². The number of hydrogen-bond acceptors (Lipinski definition) is 8. The number of nitro benzene ring substituents is 1. The first-order valence-corrected chi connectivity index (χ1v) is 7.10. The van der Waals surface area contributed by atoms with E-state index in [0.717, 1.165) is 0 Å². The average Bonchev–Trinajstić information content (AvgIpc) is 2.48. The fraction of sp³-hybridized carbons (Fsp3) is 0.250. The standard InChI is InChI=1S/C12H12BrN3O6/c1-2-21-11(17)10(12(18)22-7-13)15-14-8-3-5-9(6-4-8)16(19)20/h3-6,14H,2,7H2,1H3/b15-10+. The Bertz CT molecular complexity index is 567. The van der Waals surface area contributed by atoms with E-state index in [2.05, 4.69) is 31.2 Å². The lowest BCUT2D eigenvalue weighted by atomic mass is 10.3. The highest BCUT2D eigenvalue weighted by molar-refractivity contribution is 9.09. The molecule has 1 aromatic rings. The van der Waals surface area contributed by atoms with Crippen LogP contribution in [0.1, 0.15) is 6.92 Å². The maximum Gasteiger partial charge on any atom is 0.367 e. The van der Waals surface area contributed by atoms with Crippen LogP contribution in [0.2, 0.25) is 0 Å². The lowest BCUT2D eigenvalue weighted by molar-refractivity contribution is -0.384. The molecule has 0 aliphatic heterocycles. The number of hydrogen-bond donors (Lipinski definition) is 1. The third-order valence-corrected chi connectivity index (χ3v) is 2.45. The highest BCUT2D eigenvalue weighted by Crippen LogP contribution is 2.15. The number of benzene rings is 1. The lowest BCUT2D eigenvalue weighted by Crippen LogP contribution is -2.29. The van der Waals surface area contributed by atoms with Crippen LogP contribution in [-0.2, 0) is 19.1 Å². The molecule has 1 rings (SSSR count). The number of hydrazone groups is 1. The molecular weight excluding hydrogens is 362 g/mol. The Kier molecular flexibility index (Phi) is 6.96. The van der Waals surface area contributed by atoms with E-state index >= 15 is 0 Å². The summed E-state index contributed by atoms with van der Waals surface area (Å²) in [5, 5.41) is 14.2. The molecule has 0 aliphatic carbocycles. The summed E-state index contributed by atoms with van der Waals surface area (Å²) in [5.41, 5.74) is 2.01. The van der Waals surface area contributed by atoms with Crippen LogP contribution in [0.4, 0.5) is 11.4 Å². The Balaban J connectivity index is 2.89. The number of nitro groups is 1. The molecule has 0 bridgehead atoms. The maximum atomic E-state index is 11.6. The van der Waals surface area contributed by atoms with Gasteiger partial charge in [-0.15, -0.1) is 0 Å². The first-order chi connectivity index (χ1) is 10.5. The van der Waals surface area contributed by atoms with Gasteiger partial charge in [0, 0.05) is 12.1 Å². The number of nitrogens with zero attached hydrogens (tertiary/aromatic N) is 2. The second-order valence-electron chi connectivity index (χ2n) is 3.64. The van der Waals surface area contributed by atoms with E-state index in [9.17, 15) is 19.7 Å². The molecule has 0 aliphatic rings. The van der Waals surface area contributed by atoms with Crippen LogP contribution in [-0.4, -0.2) is 34.7 Å². The average molecular weight is 374 g/mol. The highest BCUT2D eigenvalue weighted by Gasteiger charge is 2.23. The predicted molar refractivity (Wildman–Crippen MR) is 80.7 cm³/mol. The number of ether oxygens (including phenoxy) is 2. The molecule has 0 unspecified atom stereocenters. The summed E-state index contributed by atoms with van der Waals surface area (Å²) in [4.78, 5) is 33.2. The largest absolute Gasteiger partial charge is 0.461 e. The number of carbonyl (C=O) groups excluding carboxylic acids is 2. The van der Waals surface area contributed by atoms with Crippen molar-refractivity contribution in [2.75, 3.05) is 17.5 Å². The third kappa shape index (κ3) is 5.13. The number of carbonyl (C=O) groups is 2. The first-order valence-electron chi connectivity index (χ1n) is 5.98. The molecule has 10 heteroatoms. The molecule has 1 N–H and O–H groups in total. The van der Waals surface area contributed by atoms with Gasteiger partial charge in [0.15, 0.2) is 0 Å². The number of alkyl halides is 1. The van der Waals surface area contributed by atoms with Crippen molar-refractivity contribution in [2.24, 2.45) is 5.10 Å². The molecular formula is C12H12BrN3O6. The minimum absolute atomic E-state index is 0.0664. The Morgan fingerprint density at radius 1 is 1.27 bits per heavy atom. The second kappa shape index (κ2) is 8.72. The third-order valence-electron chi connectivity index (χ3n) is 2.22. The maximum absolute atomic E-state index is 11.6. The van der Waals surface area contributed by atoms with Crippen molar-refractivity contribution < 1.29 is 24.0 Å². The van der Waals surface area contributed by atoms with Gasteiger partial charge in [-0.2, -0.15) is 5.10 Å². The molecule has 0 atom stereocenters. The van der Waals surface area contributed by atoms with Crippen molar-refractivity contribution in [1.82, 2.24) is 0 Å². The number of non-ortho nitro benzene ring substituents is 1. The van der Waals surface area contributed by atoms with Crippen molar-refractivity contribution in [2.45, 2.75) is 6.92 Å². The van der Waals surface area contributed by atoms with Gasteiger partial charge in [-0.05, 0) is 35.0 Å². The second-order valence-corrected chi connectivity index (χ2v) is 4.10. The summed E-state index contributed by atoms with van der Waals surface area (Å²) >= 11 is 2.89. The minimum Gasteiger partial charge on any atom is -0.461 e. The molecule has 1 aromatic carbocycles. The van der Waals surface area contributed by atoms with Crippen LogP contribution in [0.25, 0.3) is 0 Å². The highest BCUT2D eigenvalue weighted by atomic mass is 79.9. The number of anilines is 1. The SMILES string of the molecule is CCOC(=O)/C(=N\Nc1ccc([N+](=O)[O-])cc1)C(=O)OCBr. The van der Waals surface area contributed by atoms with E-state index in [-0.39, 0.29) is 17.8 Å². The van der Waals surface area contributed by atoms with Crippen LogP contribution < -0.4 is 5.43 Å². The smallest absolute Gasteiger partial charge is 0.367 e. The fourth-order valence-corrected chi connectivity index (χ4v) is 1.48. The summed E-state index contributed by atoms with van der Waals surface area (Å²) in [6, 6.07) is 5.25. The Hall–Kier alpha value is -2.49. The number of rotatable bonds is 7. The van der Waals surface area contributed by atoms with Gasteiger partial charge in [0.25, 0.3) is 11.4 Å². The van der Waals surface area contributed by atoms with Gasteiger partial charge in [-0.25, -0.2) is 9.59 Å². The number of nitrogens with one attached hydrogen (secondary N) is 1. The van der Waals surface area contributed by atoms with Crippen molar-refractivity contribution in [3.63, 3.8) is 0 Å². The number of esters is 2. The molecule has 0 fully saturated rings. The zero-order chi connectivity index (χ0) is 16.5. The monoisotopic (exact) mass is 373 g/mol. The Morgan fingerprint density at radius 2 is 1.86 bits per heavy atom. The zero-order valence-electron chi connectivity index (χ0n) is 11.4. The van der Waals surface area contributed by atoms with E-state index in [4.69, 9.17) is 4.74 Å². The zero-order valence-corrected chi connectivity index (χ0v) is 13.0. The summed E-state index contributed by atoms with van der Waals surface area (Å²) in [5.74, 6) is -1.91. The van der Waals surface area contributed by atoms with Crippen LogP contribution in [0.3, 0.4) is 0 Å². The molecule has 22 heavy (non-hydrogen) atoms. The molecule has 9 nitrogen and oxygen atoms in total. The van der Waals surface area contributed by atoms with Crippen LogP contribution in [0, 0.1) is 10.1 Å². The minimum atomic E-state index is -0.968. The van der Waals surface area contributed by atoms with Gasteiger partial charge in [-0.1, -0.05) is 0 Å². The van der Waals surface area contributed by atoms with Crippen molar-refractivity contribution in [3.05, 3.63) is 34.4 Å². The first kappa shape index (κ1) is 17.6. The van der Waals surface area contributed by atoms with Crippen molar-refractivity contribution in [3.8, 4) is 0 Å². The molecule has 0 saturated heterocycles. The predicted octanol–water partition coefficient (Wildman–Crippen LogP) is 1.82. The van der Waals surface area contributed by atoms with E-state index in [1.54, 1.807) is 6.92 Å². The normalized spacial score (nSPS) is 10.7. The molecule has 0 heterocycles. The summed E-state index contributed by atoms with van der Waals surface area (Å²) in [6.07, 6.45) is 0. The van der Waals surface area contributed by atoms with Crippen LogP contribution in [0.5, 0.6) is 0 Å². The van der Waals surface area contributed by atoms with Gasteiger partial charge >= 0.3 is 11.9 Å². The quantitative estimate of drug-likeness (QED) is 0.193. The lowest BCUT2D eigenvalue weighted by Gasteiger charge is -2.06. The van der Waals surface area contributed by atoms with Gasteiger partial charge in [0.2, 0.25) is 0 Å².